The van der Waals surface area contributed by atoms with E-state index in [0.717, 1.165) is 25.3 Å². The Balaban J connectivity index is 1.40. The summed E-state index contributed by atoms with van der Waals surface area (Å²) in [5, 5.41) is 10.3. The summed E-state index contributed by atoms with van der Waals surface area (Å²) in [5.41, 5.74) is 2.79. The second kappa shape index (κ2) is 5.77. The predicted octanol–water partition coefficient (Wildman–Crippen LogP) is 3.89. The summed E-state index contributed by atoms with van der Waals surface area (Å²) in [6.45, 7) is 2.07. The zero-order valence-corrected chi connectivity index (χ0v) is 14.5. The van der Waals surface area contributed by atoms with Crippen molar-refractivity contribution in [2.24, 2.45) is 0 Å². The number of piperidine rings is 1. The second-order valence-electron chi connectivity index (χ2n) is 7.90. The maximum Gasteiger partial charge on any atom is 0.165 e. The fourth-order valence-electron chi connectivity index (χ4n) is 5.36. The lowest BCUT2D eigenvalue weighted by Crippen LogP contribution is -2.59. The van der Waals surface area contributed by atoms with E-state index in [1.54, 1.807) is 6.07 Å². The summed E-state index contributed by atoms with van der Waals surface area (Å²) in [6.07, 6.45) is 6.18. The van der Waals surface area contributed by atoms with Gasteiger partial charge in [0, 0.05) is 30.1 Å². The van der Waals surface area contributed by atoms with Crippen LogP contribution < -0.4 is 4.74 Å². The Morgan fingerprint density at radius 2 is 2.00 bits per heavy atom. The van der Waals surface area contributed by atoms with E-state index in [2.05, 4.69) is 41.3 Å². The lowest BCUT2D eigenvalue weighted by molar-refractivity contribution is -0.0213. The molecule has 1 N–H and O–H groups in total. The van der Waals surface area contributed by atoms with Gasteiger partial charge in [0.15, 0.2) is 11.5 Å². The maximum atomic E-state index is 10.3. The van der Waals surface area contributed by atoms with Gasteiger partial charge in [0.25, 0.3) is 0 Å². The molecule has 2 fully saturated rings. The highest BCUT2D eigenvalue weighted by molar-refractivity contribution is 5.54. The molecule has 3 heteroatoms. The summed E-state index contributed by atoms with van der Waals surface area (Å²) < 4.78 is 6.31. The van der Waals surface area contributed by atoms with Gasteiger partial charge in [0.1, 0.15) is 6.10 Å². The first-order valence-corrected chi connectivity index (χ1v) is 9.53. The number of aromatic hydroxyl groups is 1. The van der Waals surface area contributed by atoms with E-state index < -0.39 is 0 Å². The minimum absolute atomic E-state index is 0.125. The van der Waals surface area contributed by atoms with Crippen LogP contribution in [0, 0.1) is 0 Å². The molecule has 2 aromatic rings. The van der Waals surface area contributed by atoms with Crippen LogP contribution in [0.25, 0.3) is 0 Å². The van der Waals surface area contributed by atoms with Gasteiger partial charge in [-0.15, -0.1) is 0 Å². The van der Waals surface area contributed by atoms with Crippen LogP contribution in [0.4, 0.5) is 0 Å². The van der Waals surface area contributed by atoms with Gasteiger partial charge >= 0.3 is 0 Å². The highest BCUT2D eigenvalue weighted by atomic mass is 16.5. The van der Waals surface area contributed by atoms with E-state index in [0.29, 0.717) is 11.8 Å². The lowest BCUT2D eigenvalue weighted by Gasteiger charge is -2.51. The van der Waals surface area contributed by atoms with Crippen LogP contribution in [-0.4, -0.2) is 35.2 Å². The smallest absolute Gasteiger partial charge is 0.165 e. The maximum absolute atomic E-state index is 10.3. The van der Waals surface area contributed by atoms with Gasteiger partial charge < -0.3 is 9.84 Å². The number of phenolic OH excluding ortho intramolecular Hbond substituents is 1. The Morgan fingerprint density at radius 1 is 1.12 bits per heavy atom. The number of phenols is 1. The van der Waals surface area contributed by atoms with Crippen molar-refractivity contribution in [3.05, 3.63) is 59.7 Å². The van der Waals surface area contributed by atoms with Gasteiger partial charge in [0.05, 0.1) is 0 Å². The topological polar surface area (TPSA) is 32.7 Å². The monoisotopic (exact) mass is 335 g/mol. The molecule has 0 aromatic heterocycles. The molecule has 0 amide bonds. The van der Waals surface area contributed by atoms with Crippen molar-refractivity contribution in [3.63, 3.8) is 0 Å². The zero-order chi connectivity index (χ0) is 16.9. The molecular weight excluding hydrogens is 310 g/mol. The summed E-state index contributed by atoms with van der Waals surface area (Å²) in [4.78, 5) is 2.64. The summed E-state index contributed by atoms with van der Waals surface area (Å²) in [6, 6.07) is 17.3. The molecule has 3 nitrogen and oxygen atoms in total. The first-order valence-electron chi connectivity index (χ1n) is 9.53. The highest BCUT2D eigenvalue weighted by Gasteiger charge is 2.56. The average Bonchev–Trinajstić information content (AvgIpc) is 2.94. The number of ether oxygens (including phenoxy) is 1. The van der Waals surface area contributed by atoms with E-state index >= 15 is 0 Å². The number of likely N-dealkylation sites (tertiary alicyclic amines) is 1. The first kappa shape index (κ1) is 15.3. The summed E-state index contributed by atoms with van der Waals surface area (Å²) in [5.74, 6) is 1.05. The fraction of sp³-hybridized carbons (Fsp3) is 0.455. The molecule has 5 rings (SSSR count). The zero-order valence-electron chi connectivity index (χ0n) is 14.5. The Bertz CT molecular complexity index is 775. The number of rotatable bonds is 3. The largest absolute Gasteiger partial charge is 0.504 e. The van der Waals surface area contributed by atoms with Crippen molar-refractivity contribution in [1.29, 1.82) is 0 Å². The van der Waals surface area contributed by atoms with Crippen molar-refractivity contribution in [3.8, 4) is 11.5 Å². The van der Waals surface area contributed by atoms with Gasteiger partial charge in [-0.1, -0.05) is 48.9 Å². The number of hydrogen-bond donors (Lipinski definition) is 1. The van der Waals surface area contributed by atoms with Crippen LogP contribution in [0.3, 0.4) is 0 Å². The number of benzene rings is 2. The number of hydrogen-bond acceptors (Lipinski definition) is 3. The Morgan fingerprint density at radius 3 is 2.88 bits per heavy atom. The average molecular weight is 335 g/mol. The SMILES string of the molecule is Oc1cccc2c1O[C@H]1CN(CCc3ccccc3)[C@@H]3CCC[C@]21C3. The molecule has 3 atom stereocenters. The van der Waals surface area contributed by atoms with Crippen molar-refractivity contribution in [1.82, 2.24) is 4.90 Å². The molecule has 0 radical (unpaired) electrons. The van der Waals surface area contributed by atoms with Crippen LogP contribution in [0.15, 0.2) is 48.5 Å². The minimum Gasteiger partial charge on any atom is -0.504 e. The Labute approximate surface area is 149 Å². The fourth-order valence-corrected chi connectivity index (χ4v) is 5.36. The Hall–Kier alpha value is -2.00. The van der Waals surface area contributed by atoms with Crippen molar-refractivity contribution < 1.29 is 9.84 Å². The summed E-state index contributed by atoms with van der Waals surface area (Å²) >= 11 is 0. The molecular formula is C22H25NO2. The molecule has 2 bridgehead atoms. The molecule has 1 spiro atoms. The molecule has 25 heavy (non-hydrogen) atoms. The molecule has 1 saturated carbocycles. The van der Waals surface area contributed by atoms with E-state index in [1.165, 1.54) is 36.8 Å². The van der Waals surface area contributed by atoms with Gasteiger partial charge in [-0.3, -0.25) is 4.90 Å². The Kier molecular flexibility index (Phi) is 3.53. The van der Waals surface area contributed by atoms with E-state index in [-0.39, 0.29) is 11.5 Å². The minimum atomic E-state index is 0.125. The second-order valence-corrected chi connectivity index (χ2v) is 7.90. The van der Waals surface area contributed by atoms with Crippen LogP contribution in [0.5, 0.6) is 11.5 Å². The number of para-hydroxylation sites is 1. The molecule has 0 unspecified atom stereocenters. The van der Waals surface area contributed by atoms with Crippen LogP contribution in [-0.2, 0) is 11.8 Å². The molecule has 1 aliphatic carbocycles. The molecule has 130 valence electrons. The van der Waals surface area contributed by atoms with E-state index in [4.69, 9.17) is 4.74 Å². The quantitative estimate of drug-likeness (QED) is 0.923. The summed E-state index contributed by atoms with van der Waals surface area (Å²) in [7, 11) is 0. The molecule has 3 aliphatic rings. The van der Waals surface area contributed by atoms with Gasteiger partial charge in [-0.25, -0.2) is 0 Å². The number of nitrogens with zero attached hydrogens (tertiary/aromatic N) is 1. The van der Waals surface area contributed by atoms with Crippen molar-refractivity contribution >= 4 is 0 Å². The van der Waals surface area contributed by atoms with E-state index in [9.17, 15) is 5.11 Å². The third-order valence-electron chi connectivity index (χ3n) is 6.61. The predicted molar refractivity (Wildman–Crippen MR) is 98.2 cm³/mol. The lowest BCUT2D eigenvalue weighted by atomic mass is 9.63. The van der Waals surface area contributed by atoms with Crippen molar-refractivity contribution in [2.45, 2.75) is 49.7 Å². The van der Waals surface area contributed by atoms with Gasteiger partial charge in [-0.05, 0) is 37.3 Å². The van der Waals surface area contributed by atoms with Crippen LogP contribution in [0.1, 0.15) is 36.8 Å². The van der Waals surface area contributed by atoms with Crippen LogP contribution >= 0.6 is 0 Å². The van der Waals surface area contributed by atoms with Gasteiger partial charge in [-0.2, -0.15) is 0 Å². The molecule has 1 saturated heterocycles. The van der Waals surface area contributed by atoms with Gasteiger partial charge in [0.2, 0.25) is 0 Å². The normalized spacial score (nSPS) is 30.4. The molecule has 2 heterocycles. The third kappa shape index (κ3) is 2.36. The van der Waals surface area contributed by atoms with Crippen molar-refractivity contribution in [2.75, 3.05) is 13.1 Å². The standard InChI is InChI=1S/C22H25NO2/c24-19-10-4-9-18-21(19)25-20-15-23(13-11-16-6-2-1-3-7-16)17-8-5-12-22(18,20)14-17/h1-4,6-7,9-10,17,20,24H,5,8,11-15H2/t17-,20+,22+/m1/s1. The number of fused-ring (bicyclic) bond motifs is 2. The third-order valence-corrected chi connectivity index (χ3v) is 6.61. The molecule has 2 aromatic carbocycles. The highest BCUT2D eigenvalue weighted by Crippen LogP contribution is 2.56. The molecule has 2 aliphatic heterocycles. The van der Waals surface area contributed by atoms with E-state index in [1.807, 2.05) is 6.07 Å². The first-order chi connectivity index (χ1) is 12.3. The van der Waals surface area contributed by atoms with Crippen LogP contribution in [0.2, 0.25) is 0 Å².